The van der Waals surface area contributed by atoms with Gasteiger partial charge in [0.25, 0.3) is 0 Å². The Balaban J connectivity index is 1.91. The van der Waals surface area contributed by atoms with Crippen LogP contribution in [0.1, 0.15) is 31.0 Å². The lowest BCUT2D eigenvalue weighted by Crippen LogP contribution is -2.40. The molecule has 1 aliphatic heterocycles. The first-order valence-electron chi connectivity index (χ1n) is 8.75. The Morgan fingerprint density at radius 2 is 2.00 bits per heavy atom. The molecule has 0 atom stereocenters. The van der Waals surface area contributed by atoms with Crippen molar-refractivity contribution in [3.05, 3.63) is 51.5 Å². The predicted molar refractivity (Wildman–Crippen MR) is 95.9 cm³/mol. The van der Waals surface area contributed by atoms with E-state index in [1.54, 1.807) is 19.2 Å². The molecule has 0 unspecified atom stereocenters. The third-order valence-corrected chi connectivity index (χ3v) is 5.11. The summed E-state index contributed by atoms with van der Waals surface area (Å²) in [7, 11) is 1.70. The second-order valence-corrected chi connectivity index (χ2v) is 6.63. The smallest absolute Gasteiger partial charge is 0.333 e. The van der Waals surface area contributed by atoms with Crippen LogP contribution in [0.2, 0.25) is 0 Å². The molecule has 0 amide bonds. The second-order valence-electron chi connectivity index (χ2n) is 6.63. The number of halogens is 1. The molecule has 1 fully saturated rings. The maximum atomic E-state index is 13.3. The third-order valence-electron chi connectivity index (χ3n) is 5.11. The fourth-order valence-electron chi connectivity index (χ4n) is 3.58. The van der Waals surface area contributed by atoms with Crippen molar-refractivity contribution in [1.82, 2.24) is 9.78 Å². The molecule has 1 N–H and O–H groups in total. The fraction of sp³-hybridized carbons (Fsp3) is 0.500. The van der Waals surface area contributed by atoms with E-state index < -0.39 is 0 Å². The highest BCUT2D eigenvalue weighted by Crippen LogP contribution is 2.37. The van der Waals surface area contributed by atoms with E-state index >= 15 is 0 Å². The van der Waals surface area contributed by atoms with Gasteiger partial charge in [-0.3, -0.25) is 10.1 Å². The van der Waals surface area contributed by atoms with E-state index in [0.717, 1.165) is 18.4 Å². The SMILES string of the molecule is CCc1nn(C)c(NCC2(c3ccc(F)cc3)CCOCC2)c1[N+](=O)[O-]. The predicted octanol–water partition coefficient (Wildman–Crippen LogP) is 3.19. The highest BCUT2D eigenvalue weighted by atomic mass is 19.1. The molecule has 1 aromatic heterocycles. The van der Waals surface area contributed by atoms with Crippen LogP contribution in [0.3, 0.4) is 0 Å². The zero-order chi connectivity index (χ0) is 18.7. The number of nitrogens with zero attached hydrogens (tertiary/aromatic N) is 3. The number of ether oxygens (including phenoxy) is 1. The first-order valence-corrected chi connectivity index (χ1v) is 8.75. The lowest BCUT2D eigenvalue weighted by molar-refractivity contribution is -0.384. The van der Waals surface area contributed by atoms with Gasteiger partial charge in [0.2, 0.25) is 5.82 Å². The molecule has 7 nitrogen and oxygen atoms in total. The van der Waals surface area contributed by atoms with Crippen molar-refractivity contribution in [3.63, 3.8) is 0 Å². The topological polar surface area (TPSA) is 82.2 Å². The van der Waals surface area contributed by atoms with Crippen LogP contribution in [-0.4, -0.2) is 34.5 Å². The van der Waals surface area contributed by atoms with Crippen LogP contribution in [-0.2, 0) is 23.6 Å². The minimum atomic E-state index is -0.386. The maximum absolute atomic E-state index is 13.3. The summed E-state index contributed by atoms with van der Waals surface area (Å²) < 4.78 is 20.4. The molecule has 1 saturated heterocycles. The number of nitro groups is 1. The molecule has 0 aliphatic carbocycles. The lowest BCUT2D eigenvalue weighted by atomic mass is 9.74. The molecule has 0 bridgehead atoms. The first kappa shape index (κ1) is 18.3. The summed E-state index contributed by atoms with van der Waals surface area (Å²) in [6.45, 7) is 3.54. The van der Waals surface area contributed by atoms with Gasteiger partial charge in [0, 0.05) is 32.2 Å². The first-order chi connectivity index (χ1) is 12.5. The number of anilines is 1. The number of hydrogen-bond donors (Lipinski definition) is 1. The molecule has 0 saturated carbocycles. The molecule has 0 radical (unpaired) electrons. The van der Waals surface area contributed by atoms with Crippen molar-refractivity contribution in [2.45, 2.75) is 31.6 Å². The molecule has 1 aliphatic rings. The number of rotatable bonds is 6. The number of nitrogens with one attached hydrogen (secondary N) is 1. The van der Waals surface area contributed by atoms with Gasteiger partial charge in [0.15, 0.2) is 0 Å². The van der Waals surface area contributed by atoms with Crippen LogP contribution in [0.25, 0.3) is 0 Å². The quantitative estimate of drug-likeness (QED) is 0.630. The Labute approximate surface area is 151 Å². The highest BCUT2D eigenvalue weighted by Gasteiger charge is 2.36. The Morgan fingerprint density at radius 1 is 1.35 bits per heavy atom. The van der Waals surface area contributed by atoms with E-state index in [2.05, 4.69) is 10.4 Å². The summed E-state index contributed by atoms with van der Waals surface area (Å²) in [5.41, 5.74) is 1.23. The van der Waals surface area contributed by atoms with E-state index in [0.29, 0.717) is 37.7 Å². The van der Waals surface area contributed by atoms with Gasteiger partial charge in [-0.1, -0.05) is 19.1 Å². The highest BCUT2D eigenvalue weighted by molar-refractivity contribution is 5.60. The summed E-state index contributed by atoms with van der Waals surface area (Å²) in [5, 5.41) is 19.0. The van der Waals surface area contributed by atoms with Gasteiger partial charge in [-0.2, -0.15) is 5.10 Å². The van der Waals surface area contributed by atoms with E-state index in [4.69, 9.17) is 4.74 Å². The van der Waals surface area contributed by atoms with Gasteiger partial charge < -0.3 is 10.1 Å². The van der Waals surface area contributed by atoms with Crippen LogP contribution >= 0.6 is 0 Å². The molecule has 8 heteroatoms. The van der Waals surface area contributed by atoms with E-state index in [1.807, 2.05) is 6.92 Å². The van der Waals surface area contributed by atoms with Crippen molar-refractivity contribution in [1.29, 1.82) is 0 Å². The summed E-state index contributed by atoms with van der Waals surface area (Å²) in [4.78, 5) is 11.1. The number of hydrogen-bond acceptors (Lipinski definition) is 5. The molecule has 1 aromatic carbocycles. The number of aromatic nitrogens is 2. The molecular formula is C18H23FN4O3. The Bertz CT molecular complexity index is 782. The van der Waals surface area contributed by atoms with Crippen molar-refractivity contribution >= 4 is 11.5 Å². The van der Waals surface area contributed by atoms with E-state index in [-0.39, 0.29) is 21.8 Å². The van der Waals surface area contributed by atoms with E-state index in [9.17, 15) is 14.5 Å². The van der Waals surface area contributed by atoms with Gasteiger partial charge in [-0.05, 0) is 37.0 Å². The standard InChI is InChI=1S/C18H23FN4O3/c1-3-15-16(23(24)25)17(22(2)21-15)20-12-18(8-10-26-11-9-18)13-4-6-14(19)7-5-13/h4-7,20H,3,8-12H2,1-2H3. The Morgan fingerprint density at radius 3 is 2.58 bits per heavy atom. The molecule has 3 rings (SSSR count). The molecule has 140 valence electrons. The van der Waals surface area contributed by atoms with Crippen LogP contribution in [0.4, 0.5) is 15.9 Å². The van der Waals surface area contributed by atoms with Crippen LogP contribution in [0.5, 0.6) is 0 Å². The number of aryl methyl sites for hydroxylation is 2. The monoisotopic (exact) mass is 362 g/mol. The Hall–Kier alpha value is -2.48. The van der Waals surface area contributed by atoms with E-state index in [1.165, 1.54) is 16.8 Å². The Kier molecular flexibility index (Phi) is 5.22. The zero-order valence-electron chi connectivity index (χ0n) is 15.0. The van der Waals surface area contributed by atoms with Crippen LogP contribution < -0.4 is 5.32 Å². The van der Waals surface area contributed by atoms with Crippen LogP contribution in [0, 0.1) is 15.9 Å². The number of benzene rings is 1. The average molecular weight is 362 g/mol. The van der Waals surface area contributed by atoms with Gasteiger partial charge in [-0.15, -0.1) is 0 Å². The second kappa shape index (κ2) is 7.41. The lowest BCUT2D eigenvalue weighted by Gasteiger charge is -2.38. The van der Waals surface area contributed by atoms with Gasteiger partial charge >= 0.3 is 5.69 Å². The molecule has 2 heterocycles. The van der Waals surface area contributed by atoms with Gasteiger partial charge in [0.1, 0.15) is 11.5 Å². The van der Waals surface area contributed by atoms with Gasteiger partial charge in [0.05, 0.1) is 4.92 Å². The summed E-state index contributed by atoms with van der Waals surface area (Å²) in [6, 6.07) is 6.48. The van der Waals surface area contributed by atoms with Crippen molar-refractivity contribution < 1.29 is 14.1 Å². The molecular weight excluding hydrogens is 339 g/mol. The minimum absolute atomic E-state index is 0.0244. The average Bonchev–Trinajstić information content (AvgIpc) is 2.97. The van der Waals surface area contributed by atoms with Crippen molar-refractivity contribution in [2.24, 2.45) is 7.05 Å². The largest absolute Gasteiger partial charge is 0.381 e. The van der Waals surface area contributed by atoms with Crippen molar-refractivity contribution in [2.75, 3.05) is 25.1 Å². The fourth-order valence-corrected chi connectivity index (χ4v) is 3.58. The van der Waals surface area contributed by atoms with Gasteiger partial charge in [-0.25, -0.2) is 9.07 Å². The molecule has 2 aromatic rings. The summed E-state index contributed by atoms with van der Waals surface area (Å²) in [6.07, 6.45) is 2.01. The summed E-state index contributed by atoms with van der Waals surface area (Å²) in [5.74, 6) is 0.124. The van der Waals surface area contributed by atoms with Crippen LogP contribution in [0.15, 0.2) is 24.3 Å². The molecule has 26 heavy (non-hydrogen) atoms. The minimum Gasteiger partial charge on any atom is -0.381 e. The third kappa shape index (κ3) is 3.41. The maximum Gasteiger partial charge on any atom is 0.333 e. The van der Waals surface area contributed by atoms with Crippen molar-refractivity contribution in [3.8, 4) is 0 Å². The summed E-state index contributed by atoms with van der Waals surface area (Å²) >= 11 is 0. The zero-order valence-corrected chi connectivity index (χ0v) is 15.0. The normalized spacial score (nSPS) is 16.4. The molecule has 0 spiro atoms.